The largest absolute Gasteiger partial charge is 0.478 e. The lowest BCUT2D eigenvalue weighted by Crippen LogP contribution is -2.05. The van der Waals surface area contributed by atoms with Gasteiger partial charge in [0.1, 0.15) is 5.69 Å². The van der Waals surface area contributed by atoms with E-state index in [0.717, 1.165) is 11.3 Å². The molecule has 108 valence electrons. The Morgan fingerprint density at radius 2 is 2.14 bits per heavy atom. The summed E-state index contributed by atoms with van der Waals surface area (Å²) >= 11 is 0. The van der Waals surface area contributed by atoms with Crippen molar-refractivity contribution in [1.29, 1.82) is 0 Å². The highest BCUT2D eigenvalue weighted by atomic mass is 16.6. The second kappa shape index (κ2) is 6.00. The van der Waals surface area contributed by atoms with Gasteiger partial charge in [-0.15, -0.1) is 0 Å². The number of pyridine rings is 1. The molecule has 0 spiro atoms. The van der Waals surface area contributed by atoms with Crippen LogP contribution in [0.2, 0.25) is 0 Å². The number of aryl methyl sites for hydroxylation is 1. The van der Waals surface area contributed by atoms with Crippen molar-refractivity contribution < 1.29 is 14.8 Å². The van der Waals surface area contributed by atoms with Gasteiger partial charge in [0.05, 0.1) is 10.5 Å². The normalized spacial score (nSPS) is 10.1. The van der Waals surface area contributed by atoms with E-state index in [9.17, 15) is 14.9 Å². The average Bonchev–Trinajstić information content (AvgIpc) is 2.46. The number of aromatic carboxylic acids is 1. The molecule has 0 saturated heterocycles. The van der Waals surface area contributed by atoms with E-state index in [1.165, 1.54) is 18.2 Å². The maximum absolute atomic E-state index is 11.0. The molecule has 7 heteroatoms. The number of benzene rings is 1. The summed E-state index contributed by atoms with van der Waals surface area (Å²) in [7, 11) is 0. The van der Waals surface area contributed by atoms with Crippen LogP contribution in [0.15, 0.2) is 36.5 Å². The molecule has 0 radical (unpaired) electrons. The summed E-state index contributed by atoms with van der Waals surface area (Å²) < 4.78 is 0. The standard InChI is InChI=1S/C14H13N3O4/c1-9-2-3-10(7-15-9)8-16-12-6-11(14(18)19)4-5-13(12)17(20)21/h2-7,16H,8H2,1H3,(H,18,19). The van der Waals surface area contributed by atoms with Crippen LogP contribution in [0.1, 0.15) is 21.6 Å². The molecular weight excluding hydrogens is 274 g/mol. The Morgan fingerprint density at radius 3 is 2.71 bits per heavy atom. The number of nitro groups is 1. The molecule has 1 aromatic heterocycles. The van der Waals surface area contributed by atoms with Gasteiger partial charge in [0.2, 0.25) is 0 Å². The van der Waals surface area contributed by atoms with E-state index in [1.54, 1.807) is 6.20 Å². The quantitative estimate of drug-likeness (QED) is 0.646. The van der Waals surface area contributed by atoms with Crippen LogP contribution in [-0.4, -0.2) is 21.0 Å². The molecule has 0 saturated carbocycles. The molecule has 2 N–H and O–H groups in total. The van der Waals surface area contributed by atoms with E-state index < -0.39 is 10.9 Å². The summed E-state index contributed by atoms with van der Waals surface area (Å²) in [6.45, 7) is 2.18. The van der Waals surface area contributed by atoms with Gasteiger partial charge in [-0.25, -0.2) is 4.79 Å². The minimum atomic E-state index is -1.13. The zero-order valence-corrected chi connectivity index (χ0v) is 11.2. The molecule has 0 unspecified atom stereocenters. The molecule has 0 fully saturated rings. The van der Waals surface area contributed by atoms with Crippen molar-refractivity contribution in [2.24, 2.45) is 0 Å². The monoisotopic (exact) mass is 287 g/mol. The highest BCUT2D eigenvalue weighted by Gasteiger charge is 2.16. The lowest BCUT2D eigenvalue weighted by molar-refractivity contribution is -0.384. The third kappa shape index (κ3) is 3.53. The number of aromatic nitrogens is 1. The van der Waals surface area contributed by atoms with Crippen LogP contribution in [0.3, 0.4) is 0 Å². The van der Waals surface area contributed by atoms with Crippen molar-refractivity contribution >= 4 is 17.3 Å². The van der Waals surface area contributed by atoms with Gasteiger partial charge >= 0.3 is 5.97 Å². The van der Waals surface area contributed by atoms with E-state index in [4.69, 9.17) is 5.11 Å². The molecule has 0 amide bonds. The Labute approximate surface area is 120 Å². The van der Waals surface area contributed by atoms with Crippen molar-refractivity contribution in [3.05, 3.63) is 63.5 Å². The number of nitro benzene ring substituents is 1. The SMILES string of the molecule is Cc1ccc(CNc2cc(C(=O)O)ccc2[N+](=O)[O-])cn1. The summed E-state index contributed by atoms with van der Waals surface area (Å²) in [6, 6.07) is 7.32. The zero-order chi connectivity index (χ0) is 15.4. The number of nitrogens with zero attached hydrogens (tertiary/aromatic N) is 2. The number of carboxylic acids is 1. The smallest absolute Gasteiger partial charge is 0.335 e. The number of rotatable bonds is 5. The number of carboxylic acid groups (broad SMARTS) is 1. The number of nitrogens with one attached hydrogen (secondary N) is 1. The van der Waals surface area contributed by atoms with Crippen LogP contribution in [0, 0.1) is 17.0 Å². The minimum absolute atomic E-state index is 0.00914. The van der Waals surface area contributed by atoms with Crippen LogP contribution in [-0.2, 0) is 6.54 Å². The van der Waals surface area contributed by atoms with Crippen molar-refractivity contribution in [3.63, 3.8) is 0 Å². The minimum Gasteiger partial charge on any atom is -0.478 e. The molecule has 0 aliphatic rings. The Balaban J connectivity index is 2.24. The molecule has 1 heterocycles. The summed E-state index contributed by atoms with van der Waals surface area (Å²) in [5.41, 5.74) is 1.71. The third-order valence-electron chi connectivity index (χ3n) is 2.90. The van der Waals surface area contributed by atoms with Gasteiger partial charge in [0, 0.05) is 24.5 Å². The fourth-order valence-electron chi connectivity index (χ4n) is 1.77. The lowest BCUT2D eigenvalue weighted by Gasteiger charge is -2.08. The van der Waals surface area contributed by atoms with Gasteiger partial charge < -0.3 is 10.4 Å². The summed E-state index contributed by atoms with van der Waals surface area (Å²) in [4.78, 5) is 25.5. The molecule has 2 aromatic rings. The molecule has 0 bridgehead atoms. The van der Waals surface area contributed by atoms with Gasteiger partial charge in [0.15, 0.2) is 0 Å². The predicted molar refractivity (Wildman–Crippen MR) is 76.4 cm³/mol. The highest BCUT2D eigenvalue weighted by molar-refractivity contribution is 5.90. The predicted octanol–water partition coefficient (Wildman–Crippen LogP) is 2.61. The van der Waals surface area contributed by atoms with E-state index in [1.807, 2.05) is 19.1 Å². The van der Waals surface area contributed by atoms with Crippen LogP contribution < -0.4 is 5.32 Å². The van der Waals surface area contributed by atoms with Gasteiger partial charge in [-0.05, 0) is 30.7 Å². The molecule has 7 nitrogen and oxygen atoms in total. The Bertz CT molecular complexity index is 683. The first-order valence-corrected chi connectivity index (χ1v) is 6.14. The van der Waals surface area contributed by atoms with Gasteiger partial charge in [-0.2, -0.15) is 0 Å². The van der Waals surface area contributed by atoms with Crippen LogP contribution in [0.4, 0.5) is 11.4 Å². The zero-order valence-electron chi connectivity index (χ0n) is 11.2. The number of hydrogen-bond donors (Lipinski definition) is 2. The topological polar surface area (TPSA) is 105 Å². The summed E-state index contributed by atoms with van der Waals surface area (Å²) in [6.07, 6.45) is 1.66. The maximum atomic E-state index is 11.0. The first-order chi connectivity index (χ1) is 9.97. The molecule has 0 aliphatic carbocycles. The van der Waals surface area contributed by atoms with Crippen molar-refractivity contribution in [1.82, 2.24) is 4.98 Å². The summed E-state index contributed by atoms with van der Waals surface area (Å²) in [5, 5.41) is 22.8. The Hall–Kier alpha value is -2.96. The number of carbonyl (C=O) groups is 1. The van der Waals surface area contributed by atoms with Gasteiger partial charge in [-0.1, -0.05) is 6.07 Å². The van der Waals surface area contributed by atoms with E-state index in [2.05, 4.69) is 10.3 Å². The fourth-order valence-corrected chi connectivity index (χ4v) is 1.77. The van der Waals surface area contributed by atoms with Gasteiger partial charge in [0.25, 0.3) is 5.69 Å². The van der Waals surface area contributed by atoms with Crippen molar-refractivity contribution in [2.75, 3.05) is 5.32 Å². The average molecular weight is 287 g/mol. The van der Waals surface area contributed by atoms with E-state index in [-0.39, 0.29) is 16.9 Å². The number of anilines is 1. The molecule has 0 atom stereocenters. The first-order valence-electron chi connectivity index (χ1n) is 6.14. The second-order valence-corrected chi connectivity index (χ2v) is 4.46. The Kier molecular flexibility index (Phi) is 4.13. The van der Waals surface area contributed by atoms with Crippen molar-refractivity contribution in [2.45, 2.75) is 13.5 Å². The van der Waals surface area contributed by atoms with Gasteiger partial charge in [-0.3, -0.25) is 15.1 Å². The third-order valence-corrected chi connectivity index (χ3v) is 2.90. The van der Waals surface area contributed by atoms with Crippen LogP contribution >= 0.6 is 0 Å². The summed E-state index contributed by atoms with van der Waals surface area (Å²) in [5.74, 6) is -1.13. The fraction of sp³-hybridized carbons (Fsp3) is 0.143. The Morgan fingerprint density at radius 1 is 1.38 bits per heavy atom. The molecule has 21 heavy (non-hydrogen) atoms. The number of hydrogen-bond acceptors (Lipinski definition) is 5. The van der Waals surface area contributed by atoms with E-state index >= 15 is 0 Å². The molecule has 2 rings (SSSR count). The highest BCUT2D eigenvalue weighted by Crippen LogP contribution is 2.26. The van der Waals surface area contributed by atoms with E-state index in [0.29, 0.717) is 6.54 Å². The first kappa shape index (κ1) is 14.4. The van der Waals surface area contributed by atoms with Crippen LogP contribution in [0.25, 0.3) is 0 Å². The van der Waals surface area contributed by atoms with Crippen molar-refractivity contribution in [3.8, 4) is 0 Å². The molecular formula is C14H13N3O4. The molecule has 0 aliphatic heterocycles. The molecule has 1 aromatic carbocycles. The second-order valence-electron chi connectivity index (χ2n) is 4.46. The lowest BCUT2D eigenvalue weighted by atomic mass is 10.1. The maximum Gasteiger partial charge on any atom is 0.335 e. The van der Waals surface area contributed by atoms with Crippen LogP contribution in [0.5, 0.6) is 0 Å².